The van der Waals surface area contributed by atoms with Gasteiger partial charge in [-0.3, -0.25) is 9.59 Å². The van der Waals surface area contributed by atoms with Crippen LogP contribution in [0.5, 0.6) is 0 Å². The SMILES string of the molecule is NC(=O)[C@@H]1CCN(Cc2csc3c(N)ncnc23)C1=O.O=C(O)C(F)(F)F. The van der Waals surface area contributed by atoms with E-state index in [1.54, 1.807) is 4.90 Å². The highest BCUT2D eigenvalue weighted by Crippen LogP contribution is 2.29. The largest absolute Gasteiger partial charge is 0.490 e. The monoisotopic (exact) mass is 405 g/mol. The number of amides is 2. The van der Waals surface area contributed by atoms with E-state index in [0.717, 1.165) is 15.8 Å². The number of alkyl halides is 3. The van der Waals surface area contributed by atoms with E-state index in [4.69, 9.17) is 21.4 Å². The number of anilines is 1. The lowest BCUT2D eigenvalue weighted by Crippen LogP contribution is -2.33. The van der Waals surface area contributed by atoms with Crippen LogP contribution in [0.25, 0.3) is 10.2 Å². The maximum atomic E-state index is 12.0. The summed E-state index contributed by atoms with van der Waals surface area (Å²) >= 11 is 1.45. The van der Waals surface area contributed by atoms with Gasteiger partial charge in [0.05, 0.1) is 10.2 Å². The number of fused-ring (bicyclic) bond motifs is 1. The van der Waals surface area contributed by atoms with Crippen LogP contribution >= 0.6 is 11.3 Å². The standard InChI is InChI=1S/C12H13N5O2S.C2HF3O2/c13-10-9-8(15-5-16-10)6(4-20-9)3-17-2-1-7(11(14)18)12(17)19;3-2(4,5)1(6)7/h4-5,7H,1-3H2,(H2,14,18)(H2,13,15,16);(H,6,7)/t7-;/m0./s1. The summed E-state index contributed by atoms with van der Waals surface area (Å²) in [6.07, 6.45) is -3.20. The molecule has 3 rings (SSSR count). The first kappa shape index (κ1) is 20.4. The normalized spacial score (nSPS) is 16.9. The number of carboxylic acid groups (broad SMARTS) is 1. The number of rotatable bonds is 3. The molecule has 146 valence electrons. The molecule has 0 spiro atoms. The van der Waals surface area contributed by atoms with Crippen LogP contribution in [0, 0.1) is 5.92 Å². The van der Waals surface area contributed by atoms with Crippen LogP contribution in [-0.4, -0.2) is 50.5 Å². The van der Waals surface area contributed by atoms with Gasteiger partial charge in [0, 0.05) is 18.7 Å². The summed E-state index contributed by atoms with van der Waals surface area (Å²) in [7, 11) is 0. The van der Waals surface area contributed by atoms with Crippen LogP contribution in [-0.2, 0) is 20.9 Å². The van der Waals surface area contributed by atoms with Gasteiger partial charge in [0.2, 0.25) is 11.8 Å². The minimum Gasteiger partial charge on any atom is -0.475 e. The van der Waals surface area contributed by atoms with Crippen molar-refractivity contribution in [3.63, 3.8) is 0 Å². The lowest BCUT2D eigenvalue weighted by Gasteiger charge is -2.15. The number of carbonyl (C=O) groups excluding carboxylic acids is 2. The molecule has 3 heterocycles. The van der Waals surface area contributed by atoms with E-state index < -0.39 is 24.0 Å². The van der Waals surface area contributed by atoms with Gasteiger partial charge in [-0.05, 0) is 11.8 Å². The molecule has 1 saturated heterocycles. The second kappa shape index (κ2) is 7.73. The highest BCUT2D eigenvalue weighted by molar-refractivity contribution is 7.17. The number of nitrogen functional groups attached to an aromatic ring is 1. The number of aromatic nitrogens is 2. The summed E-state index contributed by atoms with van der Waals surface area (Å²) in [6.45, 7) is 0.948. The Morgan fingerprint density at radius 3 is 2.52 bits per heavy atom. The van der Waals surface area contributed by atoms with E-state index >= 15 is 0 Å². The first-order valence-corrected chi connectivity index (χ1v) is 8.25. The van der Waals surface area contributed by atoms with Gasteiger partial charge in [-0.25, -0.2) is 14.8 Å². The molecule has 2 aromatic rings. The summed E-state index contributed by atoms with van der Waals surface area (Å²) < 4.78 is 32.6. The molecule has 9 nitrogen and oxygen atoms in total. The lowest BCUT2D eigenvalue weighted by molar-refractivity contribution is -0.192. The maximum Gasteiger partial charge on any atom is 0.490 e. The van der Waals surface area contributed by atoms with Crippen LogP contribution in [0.1, 0.15) is 12.0 Å². The van der Waals surface area contributed by atoms with Gasteiger partial charge in [0.25, 0.3) is 0 Å². The predicted octanol–water partition coefficient (Wildman–Crippen LogP) is 0.741. The molecule has 0 bridgehead atoms. The molecule has 2 amide bonds. The van der Waals surface area contributed by atoms with Crippen LogP contribution in [0.2, 0.25) is 0 Å². The molecular formula is C14H14F3N5O4S. The van der Waals surface area contributed by atoms with Crippen LogP contribution in [0.4, 0.5) is 19.0 Å². The number of carbonyl (C=O) groups is 3. The molecule has 0 saturated carbocycles. The number of nitrogens with zero attached hydrogens (tertiary/aromatic N) is 3. The van der Waals surface area contributed by atoms with Crippen molar-refractivity contribution in [1.29, 1.82) is 0 Å². The fourth-order valence-corrected chi connectivity index (χ4v) is 3.31. The predicted molar refractivity (Wildman–Crippen MR) is 88.2 cm³/mol. The zero-order valence-electron chi connectivity index (χ0n) is 13.6. The number of aliphatic carboxylic acids is 1. The molecule has 27 heavy (non-hydrogen) atoms. The quantitative estimate of drug-likeness (QED) is 0.637. The fraction of sp³-hybridized carbons (Fsp3) is 0.357. The molecule has 2 aromatic heterocycles. The maximum absolute atomic E-state index is 12.0. The number of hydrogen-bond donors (Lipinski definition) is 3. The van der Waals surface area contributed by atoms with Crippen molar-refractivity contribution < 1.29 is 32.7 Å². The zero-order valence-corrected chi connectivity index (χ0v) is 14.4. The van der Waals surface area contributed by atoms with Crippen molar-refractivity contribution in [3.05, 3.63) is 17.3 Å². The summed E-state index contributed by atoms with van der Waals surface area (Å²) in [5.74, 6) is -3.78. The van der Waals surface area contributed by atoms with Gasteiger partial charge >= 0.3 is 12.1 Å². The highest BCUT2D eigenvalue weighted by Gasteiger charge is 2.38. The smallest absolute Gasteiger partial charge is 0.475 e. The van der Waals surface area contributed by atoms with Gasteiger partial charge in [0.1, 0.15) is 18.1 Å². The average Bonchev–Trinajstić information content (AvgIpc) is 3.13. The van der Waals surface area contributed by atoms with Crippen LogP contribution < -0.4 is 11.5 Å². The third-order valence-electron chi connectivity index (χ3n) is 3.70. The number of carboxylic acids is 1. The van der Waals surface area contributed by atoms with E-state index in [1.165, 1.54) is 17.7 Å². The molecular weight excluding hydrogens is 391 g/mol. The van der Waals surface area contributed by atoms with Crippen molar-refractivity contribution in [2.75, 3.05) is 12.3 Å². The minimum atomic E-state index is -5.08. The van der Waals surface area contributed by atoms with E-state index in [9.17, 15) is 22.8 Å². The molecule has 13 heteroatoms. The Morgan fingerprint density at radius 1 is 1.37 bits per heavy atom. The average molecular weight is 405 g/mol. The van der Waals surface area contributed by atoms with Crippen molar-refractivity contribution in [2.45, 2.75) is 19.1 Å². The Bertz CT molecular complexity index is 885. The highest BCUT2D eigenvalue weighted by atomic mass is 32.1. The molecule has 1 aliphatic rings. The third-order valence-corrected chi connectivity index (χ3v) is 4.74. The second-order valence-electron chi connectivity index (χ2n) is 5.50. The first-order chi connectivity index (χ1) is 12.5. The van der Waals surface area contributed by atoms with Gasteiger partial charge in [-0.2, -0.15) is 13.2 Å². The van der Waals surface area contributed by atoms with Gasteiger partial charge in [0.15, 0.2) is 0 Å². The fourth-order valence-electron chi connectivity index (χ4n) is 2.40. The molecule has 1 fully saturated rings. The van der Waals surface area contributed by atoms with Gasteiger partial charge in [-0.1, -0.05) is 0 Å². The second-order valence-corrected chi connectivity index (χ2v) is 6.38. The summed E-state index contributed by atoms with van der Waals surface area (Å²) in [5.41, 5.74) is 12.7. The third kappa shape index (κ3) is 4.61. The summed E-state index contributed by atoms with van der Waals surface area (Å²) in [5, 5.41) is 9.04. The molecule has 0 unspecified atom stereocenters. The van der Waals surface area contributed by atoms with Crippen molar-refractivity contribution in [1.82, 2.24) is 14.9 Å². The molecule has 1 aliphatic heterocycles. The lowest BCUT2D eigenvalue weighted by atomic mass is 10.1. The number of nitrogens with two attached hydrogens (primary N) is 2. The molecule has 0 radical (unpaired) electrons. The summed E-state index contributed by atoms with van der Waals surface area (Å²) in [6, 6.07) is 0. The summed E-state index contributed by atoms with van der Waals surface area (Å²) in [4.78, 5) is 41.9. The van der Waals surface area contributed by atoms with Crippen molar-refractivity contribution in [2.24, 2.45) is 11.7 Å². The van der Waals surface area contributed by atoms with Crippen LogP contribution in [0.3, 0.4) is 0 Å². The van der Waals surface area contributed by atoms with Crippen LogP contribution in [0.15, 0.2) is 11.7 Å². The number of likely N-dealkylation sites (tertiary alicyclic amines) is 1. The number of thiophene rings is 1. The van der Waals surface area contributed by atoms with Crippen molar-refractivity contribution >= 4 is 45.2 Å². The Morgan fingerprint density at radius 2 is 2.00 bits per heavy atom. The Kier molecular flexibility index (Phi) is 5.83. The van der Waals surface area contributed by atoms with Gasteiger partial charge < -0.3 is 21.5 Å². The zero-order chi connectivity index (χ0) is 20.4. The Labute approximate surface area is 153 Å². The molecule has 1 atom stereocenters. The molecule has 5 N–H and O–H groups in total. The van der Waals surface area contributed by atoms with E-state index in [-0.39, 0.29) is 5.91 Å². The molecule has 0 aliphatic carbocycles. The van der Waals surface area contributed by atoms with E-state index in [0.29, 0.717) is 25.3 Å². The van der Waals surface area contributed by atoms with Crippen molar-refractivity contribution in [3.8, 4) is 0 Å². The Hall–Kier alpha value is -2.96. The number of hydrogen-bond acceptors (Lipinski definition) is 7. The van der Waals surface area contributed by atoms with E-state index in [2.05, 4.69) is 9.97 Å². The molecule has 0 aromatic carbocycles. The minimum absolute atomic E-state index is 0.209. The Balaban J connectivity index is 0.000000321. The first-order valence-electron chi connectivity index (χ1n) is 7.37. The number of halogens is 3. The topological polar surface area (TPSA) is 152 Å². The van der Waals surface area contributed by atoms with Gasteiger partial charge in [-0.15, -0.1) is 11.3 Å². The van der Waals surface area contributed by atoms with E-state index in [1.807, 2.05) is 5.38 Å². The number of primary amides is 1.